The molecular formula is C112H70N4. The predicted molar refractivity (Wildman–Crippen MR) is 495 cm³/mol. The summed E-state index contributed by atoms with van der Waals surface area (Å²) in [5, 5.41) is 27.9. The van der Waals surface area contributed by atoms with E-state index in [0.717, 1.165) is 11.4 Å². The SMILES string of the molecule is c1ccc(-c2cccc(-n3c4ccccc4c4cc(-c5ccc6c(c5)c5ccccc5n6-c5cc6c7ccccc7c7ccccc7c6c6ccccc56)ccc43)c2)cc1.c1ccc(-c2cccc(-n3c4ccccc4c4cc(-c5ccc6c(c5)c5ccccc5n6-c5cc6ccc7ccccc7c6c6ccccc56)ccc43)c2)cc1. The Morgan fingerprint density at radius 3 is 0.845 bits per heavy atom. The van der Waals surface area contributed by atoms with Crippen LogP contribution in [0.3, 0.4) is 0 Å². The number of aromatic nitrogens is 4. The van der Waals surface area contributed by atoms with E-state index in [4.69, 9.17) is 0 Å². The molecule has 0 N–H and O–H groups in total. The van der Waals surface area contributed by atoms with Gasteiger partial charge in [0.1, 0.15) is 0 Å². The van der Waals surface area contributed by atoms with Gasteiger partial charge >= 0.3 is 0 Å². The van der Waals surface area contributed by atoms with Crippen molar-refractivity contribution in [3.63, 3.8) is 0 Å². The van der Waals surface area contributed by atoms with E-state index in [2.05, 4.69) is 443 Å². The molecule has 0 unspecified atom stereocenters. The van der Waals surface area contributed by atoms with E-state index in [0.29, 0.717) is 0 Å². The molecule has 0 aliphatic carbocycles. The van der Waals surface area contributed by atoms with Crippen LogP contribution in [0.25, 0.3) is 230 Å². The predicted octanol–water partition coefficient (Wildman–Crippen LogP) is 30.5. The highest BCUT2D eigenvalue weighted by molar-refractivity contribution is 6.33. The fraction of sp³-hybridized carbons (Fsp3) is 0. The molecule has 4 heterocycles. The van der Waals surface area contributed by atoms with Crippen LogP contribution in [0.4, 0.5) is 0 Å². The second kappa shape index (κ2) is 26.1. The highest BCUT2D eigenvalue weighted by Crippen LogP contribution is 2.47. The van der Waals surface area contributed by atoms with Gasteiger partial charge in [-0.2, -0.15) is 0 Å². The molecule has 0 atom stereocenters. The van der Waals surface area contributed by atoms with E-state index < -0.39 is 0 Å². The van der Waals surface area contributed by atoms with Crippen LogP contribution < -0.4 is 0 Å². The van der Waals surface area contributed by atoms with Gasteiger partial charge in [-0.3, -0.25) is 0 Å². The Balaban J connectivity index is 0.000000134. The lowest BCUT2D eigenvalue weighted by molar-refractivity contribution is 1.18. The third kappa shape index (κ3) is 10.1. The van der Waals surface area contributed by atoms with Gasteiger partial charge in [0.25, 0.3) is 0 Å². The number of fused-ring (bicyclic) bond motifs is 25. The van der Waals surface area contributed by atoms with Crippen LogP contribution >= 0.6 is 0 Å². The summed E-state index contributed by atoms with van der Waals surface area (Å²) in [7, 11) is 0. The van der Waals surface area contributed by atoms with Crippen molar-refractivity contribution >= 4 is 163 Å². The molecule has 21 aromatic carbocycles. The minimum absolute atomic E-state index is 1.16. The van der Waals surface area contributed by atoms with Gasteiger partial charge in [0.05, 0.1) is 55.5 Å². The van der Waals surface area contributed by atoms with Crippen LogP contribution in [0.15, 0.2) is 425 Å². The van der Waals surface area contributed by atoms with Crippen LogP contribution in [0, 0.1) is 0 Å². The zero-order valence-corrected chi connectivity index (χ0v) is 63.2. The Morgan fingerprint density at radius 2 is 0.405 bits per heavy atom. The molecule has 0 saturated heterocycles. The maximum Gasteiger partial charge on any atom is 0.0547 e. The molecule has 0 bridgehead atoms. The van der Waals surface area contributed by atoms with E-state index in [1.54, 1.807) is 0 Å². The smallest absolute Gasteiger partial charge is 0.0547 e. The van der Waals surface area contributed by atoms with E-state index >= 15 is 0 Å². The number of nitrogens with zero attached hydrogens (tertiary/aromatic N) is 4. The monoisotopic (exact) mass is 1470 g/mol. The first-order chi connectivity index (χ1) is 57.6. The first kappa shape index (κ1) is 65.4. The van der Waals surface area contributed by atoms with Crippen LogP contribution in [-0.2, 0) is 0 Å². The van der Waals surface area contributed by atoms with Crippen LogP contribution in [0.1, 0.15) is 0 Å². The number of hydrogen-bond acceptors (Lipinski definition) is 0. The highest BCUT2D eigenvalue weighted by atomic mass is 15.0. The third-order valence-electron chi connectivity index (χ3n) is 24.7. The van der Waals surface area contributed by atoms with Crippen molar-refractivity contribution in [2.45, 2.75) is 0 Å². The van der Waals surface area contributed by atoms with Crippen molar-refractivity contribution in [1.29, 1.82) is 0 Å². The highest BCUT2D eigenvalue weighted by Gasteiger charge is 2.24. The van der Waals surface area contributed by atoms with E-state index in [1.807, 2.05) is 0 Å². The third-order valence-corrected chi connectivity index (χ3v) is 24.7. The summed E-state index contributed by atoms with van der Waals surface area (Å²) >= 11 is 0. The lowest BCUT2D eigenvalue weighted by atomic mass is 9.90. The van der Waals surface area contributed by atoms with E-state index in [1.165, 1.54) is 219 Å². The van der Waals surface area contributed by atoms with Crippen molar-refractivity contribution in [1.82, 2.24) is 18.3 Å². The van der Waals surface area contributed by atoms with Gasteiger partial charge in [-0.05, 0) is 218 Å². The van der Waals surface area contributed by atoms with Gasteiger partial charge in [-0.25, -0.2) is 0 Å². The Kier molecular flexibility index (Phi) is 14.7. The molecule has 0 aliphatic heterocycles. The molecule has 116 heavy (non-hydrogen) atoms. The average Bonchev–Trinajstić information content (AvgIpc) is 1.42. The molecule has 0 aliphatic rings. The molecule has 25 rings (SSSR count). The molecule has 538 valence electrons. The summed E-state index contributed by atoms with van der Waals surface area (Å²) in [5.41, 5.74) is 24.0. The summed E-state index contributed by atoms with van der Waals surface area (Å²) in [6.45, 7) is 0. The van der Waals surface area contributed by atoms with Crippen molar-refractivity contribution in [3.8, 4) is 67.3 Å². The quantitative estimate of drug-likeness (QED) is 0.135. The molecule has 0 fully saturated rings. The molecule has 0 radical (unpaired) electrons. The average molecular weight is 1470 g/mol. The van der Waals surface area contributed by atoms with Gasteiger partial charge in [-0.15, -0.1) is 0 Å². The summed E-state index contributed by atoms with van der Waals surface area (Å²) in [6, 6.07) is 156. The fourth-order valence-electron chi connectivity index (χ4n) is 19.6. The fourth-order valence-corrected chi connectivity index (χ4v) is 19.6. The van der Waals surface area contributed by atoms with Crippen LogP contribution in [0.5, 0.6) is 0 Å². The molecule has 4 aromatic heterocycles. The van der Waals surface area contributed by atoms with E-state index in [-0.39, 0.29) is 0 Å². The number of hydrogen-bond donors (Lipinski definition) is 0. The van der Waals surface area contributed by atoms with Gasteiger partial charge in [0.2, 0.25) is 0 Å². The van der Waals surface area contributed by atoms with Gasteiger partial charge in [0.15, 0.2) is 0 Å². The van der Waals surface area contributed by atoms with Crippen molar-refractivity contribution in [2.24, 2.45) is 0 Å². The first-order valence-electron chi connectivity index (χ1n) is 40.1. The minimum Gasteiger partial charge on any atom is -0.309 e. The largest absolute Gasteiger partial charge is 0.309 e. The minimum atomic E-state index is 1.16. The normalized spacial score (nSPS) is 12.0. The number of para-hydroxylation sites is 4. The van der Waals surface area contributed by atoms with Crippen LogP contribution in [0.2, 0.25) is 0 Å². The Labute approximate surface area is 668 Å². The van der Waals surface area contributed by atoms with Crippen molar-refractivity contribution in [2.75, 3.05) is 0 Å². The number of rotatable bonds is 8. The Bertz CT molecular complexity index is 8400. The topological polar surface area (TPSA) is 19.7 Å². The van der Waals surface area contributed by atoms with Gasteiger partial charge in [-0.1, -0.05) is 315 Å². The Hall–Kier alpha value is -15.4. The maximum atomic E-state index is 2.50. The molecule has 0 amide bonds. The zero-order chi connectivity index (χ0) is 76.1. The lowest BCUT2D eigenvalue weighted by Gasteiger charge is -2.17. The van der Waals surface area contributed by atoms with Gasteiger partial charge in [0, 0.05) is 65.2 Å². The Morgan fingerprint density at radius 1 is 0.121 bits per heavy atom. The summed E-state index contributed by atoms with van der Waals surface area (Å²) in [6.07, 6.45) is 0. The molecule has 4 heteroatoms. The molecular weight excluding hydrogens is 1400 g/mol. The summed E-state index contributed by atoms with van der Waals surface area (Å²) < 4.78 is 9.80. The lowest BCUT2D eigenvalue weighted by Crippen LogP contribution is -1.97. The van der Waals surface area contributed by atoms with Crippen molar-refractivity contribution in [3.05, 3.63) is 425 Å². The second-order valence-electron chi connectivity index (χ2n) is 31.0. The zero-order valence-electron chi connectivity index (χ0n) is 63.2. The molecule has 0 spiro atoms. The summed E-state index contributed by atoms with van der Waals surface area (Å²) in [5.74, 6) is 0. The first-order valence-corrected chi connectivity index (χ1v) is 40.1. The van der Waals surface area contributed by atoms with Crippen molar-refractivity contribution < 1.29 is 0 Å². The second-order valence-corrected chi connectivity index (χ2v) is 31.0. The molecule has 0 saturated carbocycles. The number of benzene rings is 21. The maximum absolute atomic E-state index is 2.50. The summed E-state index contributed by atoms with van der Waals surface area (Å²) in [4.78, 5) is 0. The van der Waals surface area contributed by atoms with Gasteiger partial charge < -0.3 is 18.3 Å². The van der Waals surface area contributed by atoms with Crippen LogP contribution in [-0.4, -0.2) is 18.3 Å². The van der Waals surface area contributed by atoms with E-state index in [9.17, 15) is 0 Å². The molecule has 25 aromatic rings. The standard InChI is InChI=1S/C58H36N2.C54H34N2/c1-2-15-37(16-3-1)38-17-14-18-41(33-38)59-53-27-12-10-23-46(53)50-34-39(29-31-55(50)59)40-30-32-56-51(35-40)47-24-11-13-28-54(47)60(56)57-36-52-44-21-5-4-19-42(44)43-20-6-8-25-48(43)58(52)49-26-9-7-22-45(49)57;1-2-13-35(14-3-1)37-16-12-17-41(31-37)55-49-23-10-8-20-44(49)47-32-38(27-29-51(47)55)39-28-30-52-48(33-39)45-21-9-11-24-50(45)56(52)53-34-40-26-25-36-15-4-5-18-42(36)54(40)46-22-7-6-19-43(46)53/h1-36H;1-34H. The molecule has 4 nitrogen and oxygen atoms in total.